The Morgan fingerprint density at radius 1 is 1.24 bits per heavy atom. The van der Waals surface area contributed by atoms with Gasteiger partial charge in [0.1, 0.15) is 0 Å². The number of benzene rings is 1. The van der Waals surface area contributed by atoms with Gasteiger partial charge < -0.3 is 9.47 Å². The molecule has 0 unspecified atom stereocenters. The molecule has 5 nitrogen and oxygen atoms in total. The van der Waals surface area contributed by atoms with Crippen LogP contribution in [0.25, 0.3) is 0 Å². The van der Waals surface area contributed by atoms with Gasteiger partial charge in [-0.05, 0) is 44.5 Å². The highest BCUT2D eigenvalue weighted by Gasteiger charge is 2.05. The molecule has 0 spiro atoms. The molecule has 21 heavy (non-hydrogen) atoms. The highest BCUT2D eigenvalue weighted by atomic mass is 32.1. The zero-order valence-electron chi connectivity index (χ0n) is 12.4. The second kappa shape index (κ2) is 7.64. The maximum absolute atomic E-state index is 5.58. The number of nitrogens with zero attached hydrogens (tertiary/aromatic N) is 2. The average Bonchev–Trinajstić information content (AvgIpc) is 2.88. The van der Waals surface area contributed by atoms with Crippen molar-refractivity contribution in [2.45, 2.75) is 20.8 Å². The van der Waals surface area contributed by atoms with Crippen LogP contribution >= 0.6 is 11.3 Å². The van der Waals surface area contributed by atoms with Crippen LogP contribution in [0.15, 0.2) is 28.7 Å². The van der Waals surface area contributed by atoms with Crippen LogP contribution in [-0.4, -0.2) is 24.4 Å². The molecule has 112 valence electrons. The number of aromatic nitrogens is 1. The number of anilines is 1. The van der Waals surface area contributed by atoms with Gasteiger partial charge in [-0.3, -0.25) is 5.43 Å². The third-order valence-electron chi connectivity index (χ3n) is 2.56. The molecule has 0 saturated heterocycles. The van der Waals surface area contributed by atoms with Crippen LogP contribution in [0, 0.1) is 6.92 Å². The topological polar surface area (TPSA) is 55.7 Å². The van der Waals surface area contributed by atoms with Crippen molar-refractivity contribution in [3.05, 3.63) is 34.8 Å². The third-order valence-corrected chi connectivity index (χ3v) is 3.43. The van der Waals surface area contributed by atoms with E-state index in [0.29, 0.717) is 13.2 Å². The van der Waals surface area contributed by atoms with Gasteiger partial charge in [-0.1, -0.05) is 0 Å². The van der Waals surface area contributed by atoms with E-state index in [4.69, 9.17) is 9.47 Å². The predicted molar refractivity (Wildman–Crippen MR) is 86.8 cm³/mol. The van der Waals surface area contributed by atoms with Crippen LogP contribution in [-0.2, 0) is 0 Å². The maximum atomic E-state index is 5.58. The molecule has 1 heterocycles. The standard InChI is InChI=1S/C15H19N3O2S/c1-4-19-13-7-6-12(8-14(13)20-5-2)9-16-18-15-17-11(3)10-21-15/h6-10H,4-5H2,1-3H3,(H,17,18)/b16-9-. The predicted octanol–water partition coefficient (Wildman–Crippen LogP) is 3.69. The summed E-state index contributed by atoms with van der Waals surface area (Å²) in [5, 5.41) is 6.93. The van der Waals surface area contributed by atoms with Gasteiger partial charge in [-0.2, -0.15) is 5.10 Å². The minimum atomic E-state index is 0.595. The fourth-order valence-electron chi connectivity index (χ4n) is 1.72. The average molecular weight is 305 g/mol. The van der Waals surface area contributed by atoms with E-state index in [-0.39, 0.29) is 0 Å². The second-order valence-corrected chi connectivity index (χ2v) is 5.09. The van der Waals surface area contributed by atoms with Crippen molar-refractivity contribution >= 4 is 22.7 Å². The minimum Gasteiger partial charge on any atom is -0.490 e. The number of nitrogens with one attached hydrogen (secondary N) is 1. The van der Waals surface area contributed by atoms with Crippen molar-refractivity contribution in [3.63, 3.8) is 0 Å². The van der Waals surface area contributed by atoms with E-state index in [9.17, 15) is 0 Å². The Bertz CT molecular complexity index is 611. The summed E-state index contributed by atoms with van der Waals surface area (Å²) in [6, 6.07) is 5.74. The number of aryl methyl sites for hydroxylation is 1. The zero-order chi connectivity index (χ0) is 15.1. The Labute approximate surface area is 128 Å². The van der Waals surface area contributed by atoms with Crippen molar-refractivity contribution in [3.8, 4) is 11.5 Å². The van der Waals surface area contributed by atoms with Crippen molar-refractivity contribution < 1.29 is 9.47 Å². The minimum absolute atomic E-state index is 0.595. The summed E-state index contributed by atoms with van der Waals surface area (Å²) < 4.78 is 11.1. The molecule has 6 heteroatoms. The number of thiazole rings is 1. The number of hydrazone groups is 1. The van der Waals surface area contributed by atoms with Crippen molar-refractivity contribution in [1.29, 1.82) is 0 Å². The molecule has 0 atom stereocenters. The number of hydrogen-bond donors (Lipinski definition) is 1. The summed E-state index contributed by atoms with van der Waals surface area (Å²) >= 11 is 1.52. The van der Waals surface area contributed by atoms with E-state index < -0.39 is 0 Å². The van der Waals surface area contributed by atoms with Gasteiger partial charge in [0, 0.05) is 5.38 Å². The summed E-state index contributed by atoms with van der Waals surface area (Å²) in [4.78, 5) is 4.28. The summed E-state index contributed by atoms with van der Waals surface area (Å²) in [6.45, 7) is 7.05. The summed E-state index contributed by atoms with van der Waals surface area (Å²) in [5.41, 5.74) is 4.83. The van der Waals surface area contributed by atoms with Crippen LogP contribution in [0.5, 0.6) is 11.5 Å². The van der Waals surface area contributed by atoms with E-state index in [1.807, 2.05) is 44.4 Å². The molecule has 0 aliphatic rings. The normalized spacial score (nSPS) is 10.8. The van der Waals surface area contributed by atoms with Crippen molar-refractivity contribution in [1.82, 2.24) is 4.98 Å². The fraction of sp³-hybridized carbons (Fsp3) is 0.333. The Morgan fingerprint density at radius 3 is 2.67 bits per heavy atom. The van der Waals surface area contributed by atoms with E-state index in [1.54, 1.807) is 6.21 Å². The van der Waals surface area contributed by atoms with E-state index >= 15 is 0 Å². The molecule has 1 aromatic heterocycles. The maximum Gasteiger partial charge on any atom is 0.203 e. The molecule has 0 aliphatic heterocycles. The lowest BCUT2D eigenvalue weighted by Gasteiger charge is -2.11. The monoisotopic (exact) mass is 305 g/mol. The van der Waals surface area contributed by atoms with Gasteiger partial charge in [0.15, 0.2) is 11.5 Å². The molecular weight excluding hydrogens is 286 g/mol. The molecule has 1 N–H and O–H groups in total. The van der Waals surface area contributed by atoms with Crippen LogP contribution < -0.4 is 14.9 Å². The van der Waals surface area contributed by atoms with Gasteiger partial charge in [-0.15, -0.1) is 11.3 Å². The lowest BCUT2D eigenvalue weighted by atomic mass is 10.2. The summed E-state index contributed by atoms with van der Waals surface area (Å²) in [6.07, 6.45) is 1.73. The lowest BCUT2D eigenvalue weighted by molar-refractivity contribution is 0.288. The highest BCUT2D eigenvalue weighted by molar-refractivity contribution is 7.13. The molecule has 0 aliphatic carbocycles. The summed E-state index contributed by atoms with van der Waals surface area (Å²) in [5.74, 6) is 1.48. The van der Waals surface area contributed by atoms with Crippen LogP contribution in [0.2, 0.25) is 0 Å². The van der Waals surface area contributed by atoms with Crippen molar-refractivity contribution in [2.75, 3.05) is 18.6 Å². The quantitative estimate of drug-likeness (QED) is 0.626. The first-order chi connectivity index (χ1) is 10.2. The lowest BCUT2D eigenvalue weighted by Crippen LogP contribution is -1.99. The summed E-state index contributed by atoms with van der Waals surface area (Å²) in [7, 11) is 0. The molecule has 1 aromatic carbocycles. The Hall–Kier alpha value is -2.08. The molecule has 0 radical (unpaired) electrons. The molecule has 2 aromatic rings. The first-order valence-electron chi connectivity index (χ1n) is 6.83. The highest BCUT2D eigenvalue weighted by Crippen LogP contribution is 2.28. The van der Waals surface area contributed by atoms with E-state index in [0.717, 1.165) is 27.9 Å². The fourth-order valence-corrected chi connectivity index (χ4v) is 2.35. The molecule has 0 saturated carbocycles. The van der Waals surface area contributed by atoms with Crippen LogP contribution in [0.4, 0.5) is 5.13 Å². The molecule has 2 rings (SSSR count). The second-order valence-electron chi connectivity index (χ2n) is 4.24. The van der Waals surface area contributed by atoms with Gasteiger partial charge in [-0.25, -0.2) is 4.98 Å². The van der Waals surface area contributed by atoms with Gasteiger partial charge in [0.05, 0.1) is 25.1 Å². The Balaban J connectivity index is 2.07. The van der Waals surface area contributed by atoms with Gasteiger partial charge >= 0.3 is 0 Å². The zero-order valence-corrected chi connectivity index (χ0v) is 13.2. The number of ether oxygens (including phenoxy) is 2. The van der Waals surface area contributed by atoms with Crippen LogP contribution in [0.3, 0.4) is 0 Å². The van der Waals surface area contributed by atoms with Gasteiger partial charge in [0.2, 0.25) is 5.13 Å². The van der Waals surface area contributed by atoms with E-state index in [2.05, 4.69) is 15.5 Å². The Kier molecular flexibility index (Phi) is 5.57. The molecule has 0 bridgehead atoms. The third kappa shape index (κ3) is 4.46. The number of rotatable bonds is 7. The number of hydrogen-bond acceptors (Lipinski definition) is 6. The smallest absolute Gasteiger partial charge is 0.203 e. The largest absolute Gasteiger partial charge is 0.490 e. The Morgan fingerprint density at radius 2 is 2.00 bits per heavy atom. The van der Waals surface area contributed by atoms with Crippen LogP contribution in [0.1, 0.15) is 25.1 Å². The van der Waals surface area contributed by atoms with Crippen molar-refractivity contribution in [2.24, 2.45) is 5.10 Å². The molecular formula is C15H19N3O2S. The SMILES string of the molecule is CCOc1ccc(/C=N\Nc2nc(C)cs2)cc1OCC. The molecule has 0 fully saturated rings. The molecule has 0 amide bonds. The van der Waals surface area contributed by atoms with E-state index in [1.165, 1.54) is 11.3 Å². The van der Waals surface area contributed by atoms with Gasteiger partial charge in [0.25, 0.3) is 0 Å². The first kappa shape index (κ1) is 15.3. The first-order valence-corrected chi connectivity index (χ1v) is 7.71.